The summed E-state index contributed by atoms with van der Waals surface area (Å²) in [5.41, 5.74) is 0. The zero-order valence-corrected chi connectivity index (χ0v) is 53.2. The molecule has 1 unspecified atom stereocenters. The Balaban J connectivity index is 4.20. The molecule has 0 N–H and O–H groups in total. The third kappa shape index (κ3) is 65.0. The standard InChI is InChI=1S/C72H138O6/c1-4-7-10-13-16-19-22-25-28-31-32-33-34-35-36-37-38-39-40-42-44-47-50-53-56-59-62-65-71(74)77-68-69(67-76-70(73)64-61-58-55-52-49-46-43-30-27-24-21-18-15-12-9-6-3)78-72(75)66-63-60-57-54-51-48-45-41-29-26-23-20-17-14-11-8-5-2/h26,29,69H,4-25,27-28,30-68H2,1-3H3/b29-26-. The molecule has 0 spiro atoms. The number of ether oxygens (including phenoxy) is 3. The maximum Gasteiger partial charge on any atom is 0.306 e. The quantitative estimate of drug-likeness (QED) is 0.0261. The number of allylic oxidation sites excluding steroid dienone is 2. The largest absolute Gasteiger partial charge is 0.462 e. The van der Waals surface area contributed by atoms with Crippen molar-refractivity contribution in [1.82, 2.24) is 0 Å². The summed E-state index contributed by atoms with van der Waals surface area (Å²) in [7, 11) is 0. The van der Waals surface area contributed by atoms with Gasteiger partial charge in [0.25, 0.3) is 0 Å². The first-order valence-electron chi connectivity index (χ1n) is 35.7. The second-order valence-corrected chi connectivity index (χ2v) is 24.5. The molecule has 462 valence electrons. The minimum absolute atomic E-state index is 0.0648. The number of esters is 3. The van der Waals surface area contributed by atoms with Gasteiger partial charge in [0.2, 0.25) is 0 Å². The Kier molecular flexibility index (Phi) is 66.0. The van der Waals surface area contributed by atoms with E-state index in [1.54, 1.807) is 0 Å². The van der Waals surface area contributed by atoms with E-state index in [1.165, 1.54) is 315 Å². The smallest absolute Gasteiger partial charge is 0.306 e. The third-order valence-electron chi connectivity index (χ3n) is 16.5. The lowest BCUT2D eigenvalue weighted by molar-refractivity contribution is -0.167. The highest BCUT2D eigenvalue weighted by molar-refractivity contribution is 5.71. The van der Waals surface area contributed by atoms with Crippen LogP contribution >= 0.6 is 0 Å². The molecule has 0 aromatic heterocycles. The molecule has 0 heterocycles. The van der Waals surface area contributed by atoms with E-state index < -0.39 is 6.10 Å². The van der Waals surface area contributed by atoms with E-state index in [2.05, 4.69) is 32.9 Å². The summed E-state index contributed by atoms with van der Waals surface area (Å²) >= 11 is 0. The summed E-state index contributed by atoms with van der Waals surface area (Å²) in [6.45, 7) is 6.73. The van der Waals surface area contributed by atoms with Gasteiger partial charge in [0, 0.05) is 19.3 Å². The van der Waals surface area contributed by atoms with Gasteiger partial charge in [-0.05, 0) is 44.9 Å². The molecule has 0 aromatic rings. The van der Waals surface area contributed by atoms with Crippen molar-refractivity contribution < 1.29 is 28.6 Å². The van der Waals surface area contributed by atoms with Gasteiger partial charge >= 0.3 is 17.9 Å². The number of carbonyl (C=O) groups is 3. The van der Waals surface area contributed by atoms with E-state index in [0.717, 1.165) is 57.8 Å². The first kappa shape index (κ1) is 76.1. The van der Waals surface area contributed by atoms with Crippen LogP contribution in [0, 0.1) is 0 Å². The summed E-state index contributed by atoms with van der Waals surface area (Å²) < 4.78 is 17.0. The van der Waals surface area contributed by atoms with E-state index in [-0.39, 0.29) is 31.1 Å². The zero-order chi connectivity index (χ0) is 56.4. The Morgan fingerprint density at radius 3 is 0.641 bits per heavy atom. The number of carbonyl (C=O) groups excluding carboxylic acids is 3. The fourth-order valence-corrected chi connectivity index (χ4v) is 11.2. The fourth-order valence-electron chi connectivity index (χ4n) is 11.2. The Morgan fingerprint density at radius 2 is 0.423 bits per heavy atom. The summed E-state index contributed by atoms with van der Waals surface area (Å²) in [6.07, 6.45) is 81.0. The van der Waals surface area contributed by atoms with Crippen LogP contribution < -0.4 is 0 Å². The Morgan fingerprint density at radius 1 is 0.244 bits per heavy atom. The molecule has 0 bridgehead atoms. The second-order valence-electron chi connectivity index (χ2n) is 24.5. The van der Waals surface area contributed by atoms with Crippen molar-refractivity contribution in [1.29, 1.82) is 0 Å². The third-order valence-corrected chi connectivity index (χ3v) is 16.5. The van der Waals surface area contributed by atoms with Crippen molar-refractivity contribution >= 4 is 17.9 Å². The Bertz CT molecular complexity index is 1210. The lowest BCUT2D eigenvalue weighted by Crippen LogP contribution is -2.30. The van der Waals surface area contributed by atoms with Crippen LogP contribution in [0.3, 0.4) is 0 Å². The van der Waals surface area contributed by atoms with Crippen LogP contribution in [0.25, 0.3) is 0 Å². The first-order valence-corrected chi connectivity index (χ1v) is 35.7. The topological polar surface area (TPSA) is 78.9 Å². The van der Waals surface area contributed by atoms with Crippen molar-refractivity contribution in [3.8, 4) is 0 Å². The Hall–Kier alpha value is -1.85. The Labute approximate surface area is 488 Å². The molecular formula is C72H138O6. The fraction of sp³-hybridized carbons (Fsp3) is 0.931. The summed E-state index contributed by atoms with van der Waals surface area (Å²) in [5, 5.41) is 0. The highest BCUT2D eigenvalue weighted by Gasteiger charge is 2.19. The predicted octanol–water partition coefficient (Wildman–Crippen LogP) is 24.4. The number of unbranched alkanes of at least 4 members (excludes halogenated alkanes) is 54. The lowest BCUT2D eigenvalue weighted by atomic mass is 10.0. The van der Waals surface area contributed by atoms with Gasteiger partial charge in [0.15, 0.2) is 6.10 Å². The number of hydrogen-bond acceptors (Lipinski definition) is 6. The van der Waals surface area contributed by atoms with Gasteiger partial charge in [-0.3, -0.25) is 14.4 Å². The highest BCUT2D eigenvalue weighted by Crippen LogP contribution is 2.19. The van der Waals surface area contributed by atoms with Crippen LogP contribution in [-0.2, 0) is 28.6 Å². The number of hydrogen-bond donors (Lipinski definition) is 0. The highest BCUT2D eigenvalue weighted by atomic mass is 16.6. The summed E-state index contributed by atoms with van der Waals surface area (Å²) in [5.74, 6) is -0.833. The minimum Gasteiger partial charge on any atom is -0.462 e. The molecule has 0 saturated heterocycles. The predicted molar refractivity (Wildman–Crippen MR) is 340 cm³/mol. The molecule has 0 aliphatic carbocycles. The van der Waals surface area contributed by atoms with Gasteiger partial charge in [-0.15, -0.1) is 0 Å². The molecule has 0 aromatic carbocycles. The molecular weight excluding hydrogens is 961 g/mol. The van der Waals surface area contributed by atoms with Crippen molar-refractivity contribution in [3.05, 3.63) is 12.2 Å². The van der Waals surface area contributed by atoms with Crippen LogP contribution in [0.2, 0.25) is 0 Å². The lowest BCUT2D eigenvalue weighted by Gasteiger charge is -2.18. The number of rotatable bonds is 67. The average molecular weight is 1100 g/mol. The molecule has 1 atom stereocenters. The minimum atomic E-state index is -0.769. The van der Waals surface area contributed by atoms with Crippen LogP contribution in [0.15, 0.2) is 12.2 Å². The normalized spacial score (nSPS) is 12.0. The van der Waals surface area contributed by atoms with Crippen LogP contribution in [-0.4, -0.2) is 37.2 Å². The van der Waals surface area contributed by atoms with E-state index in [1.807, 2.05) is 0 Å². The van der Waals surface area contributed by atoms with Gasteiger partial charge in [-0.1, -0.05) is 360 Å². The summed E-state index contributed by atoms with van der Waals surface area (Å²) in [4.78, 5) is 38.4. The molecule has 0 amide bonds. The van der Waals surface area contributed by atoms with E-state index in [0.29, 0.717) is 19.3 Å². The molecule has 0 rings (SSSR count). The van der Waals surface area contributed by atoms with Crippen molar-refractivity contribution in [3.63, 3.8) is 0 Å². The first-order chi connectivity index (χ1) is 38.5. The molecule has 0 aliphatic heterocycles. The van der Waals surface area contributed by atoms with E-state index >= 15 is 0 Å². The second kappa shape index (κ2) is 67.7. The maximum absolute atomic E-state index is 12.9. The van der Waals surface area contributed by atoms with Crippen LogP contribution in [0.5, 0.6) is 0 Å². The van der Waals surface area contributed by atoms with E-state index in [9.17, 15) is 14.4 Å². The van der Waals surface area contributed by atoms with Gasteiger partial charge in [-0.2, -0.15) is 0 Å². The SMILES string of the molecule is CCCCCCCC/C=C\CCCCCCCCCC(=O)OC(COC(=O)CCCCCCCCCCCCCCCCCC)COC(=O)CCCCCCCCCCCCCCCCCCCCCCCCCCCCC. The van der Waals surface area contributed by atoms with Gasteiger partial charge in [0.05, 0.1) is 0 Å². The molecule has 0 saturated carbocycles. The molecule has 0 radical (unpaired) electrons. The molecule has 6 heteroatoms. The van der Waals surface area contributed by atoms with Crippen molar-refractivity contribution in [2.75, 3.05) is 13.2 Å². The van der Waals surface area contributed by atoms with Crippen LogP contribution in [0.1, 0.15) is 412 Å². The molecule has 78 heavy (non-hydrogen) atoms. The monoisotopic (exact) mass is 1100 g/mol. The van der Waals surface area contributed by atoms with E-state index in [4.69, 9.17) is 14.2 Å². The van der Waals surface area contributed by atoms with Gasteiger partial charge in [0.1, 0.15) is 13.2 Å². The molecule has 0 fully saturated rings. The van der Waals surface area contributed by atoms with Crippen LogP contribution in [0.4, 0.5) is 0 Å². The molecule has 6 nitrogen and oxygen atoms in total. The maximum atomic E-state index is 12.9. The molecule has 0 aliphatic rings. The average Bonchev–Trinajstić information content (AvgIpc) is 3.44. The van der Waals surface area contributed by atoms with Gasteiger partial charge < -0.3 is 14.2 Å². The van der Waals surface area contributed by atoms with Crippen molar-refractivity contribution in [2.45, 2.75) is 419 Å². The van der Waals surface area contributed by atoms with Crippen molar-refractivity contribution in [2.24, 2.45) is 0 Å². The van der Waals surface area contributed by atoms with Gasteiger partial charge in [-0.25, -0.2) is 0 Å². The summed E-state index contributed by atoms with van der Waals surface area (Å²) in [6, 6.07) is 0. The zero-order valence-electron chi connectivity index (χ0n) is 53.2.